The van der Waals surface area contributed by atoms with Gasteiger partial charge in [0, 0.05) is 19.3 Å². The third-order valence-electron chi connectivity index (χ3n) is 16.8. The van der Waals surface area contributed by atoms with Gasteiger partial charge >= 0.3 is 17.9 Å². The molecule has 0 aromatic rings. The molecule has 0 heterocycles. The maximum absolute atomic E-state index is 12.9. The van der Waals surface area contributed by atoms with Crippen LogP contribution in [0, 0.1) is 0 Å². The van der Waals surface area contributed by atoms with Crippen molar-refractivity contribution in [1.82, 2.24) is 0 Å². The van der Waals surface area contributed by atoms with Crippen LogP contribution in [0.1, 0.15) is 419 Å². The maximum atomic E-state index is 12.9. The van der Waals surface area contributed by atoms with E-state index >= 15 is 0 Å². The van der Waals surface area contributed by atoms with E-state index in [2.05, 4.69) is 32.9 Å². The fraction of sp³-hybridized carbons (Fsp3) is 0.932. The zero-order valence-electron chi connectivity index (χ0n) is 53.9. The van der Waals surface area contributed by atoms with Crippen molar-refractivity contribution in [2.24, 2.45) is 0 Å². The van der Waals surface area contributed by atoms with Gasteiger partial charge in [-0.05, 0) is 44.9 Å². The molecule has 79 heavy (non-hydrogen) atoms. The number of carbonyl (C=O) groups excluding carboxylic acids is 3. The lowest BCUT2D eigenvalue weighted by Crippen LogP contribution is -2.30. The van der Waals surface area contributed by atoms with E-state index < -0.39 is 6.10 Å². The predicted octanol–water partition coefficient (Wildman–Crippen LogP) is 24.8. The lowest BCUT2D eigenvalue weighted by Gasteiger charge is -2.18. The fourth-order valence-electron chi connectivity index (χ4n) is 11.3. The summed E-state index contributed by atoms with van der Waals surface area (Å²) in [6.45, 7) is 6.68. The Morgan fingerprint density at radius 3 is 0.633 bits per heavy atom. The Hall–Kier alpha value is -1.85. The molecule has 0 spiro atoms. The first-order valence-corrected chi connectivity index (χ1v) is 36.2. The van der Waals surface area contributed by atoms with Crippen molar-refractivity contribution in [3.05, 3.63) is 12.2 Å². The number of hydrogen-bond acceptors (Lipinski definition) is 6. The molecule has 0 N–H and O–H groups in total. The Morgan fingerprint density at radius 2 is 0.418 bits per heavy atom. The van der Waals surface area contributed by atoms with E-state index in [0.717, 1.165) is 57.8 Å². The molecule has 0 aliphatic rings. The Labute approximate surface area is 494 Å². The normalized spacial score (nSPS) is 12.0. The van der Waals surface area contributed by atoms with Gasteiger partial charge in [-0.1, -0.05) is 367 Å². The summed E-state index contributed by atoms with van der Waals surface area (Å²) in [5.74, 6) is -0.841. The molecular weight excluding hydrogens is 973 g/mol. The molecule has 468 valence electrons. The minimum absolute atomic E-state index is 0.0641. The first-order valence-electron chi connectivity index (χ1n) is 36.2. The van der Waals surface area contributed by atoms with Gasteiger partial charge in [-0.25, -0.2) is 0 Å². The lowest BCUT2D eigenvalue weighted by atomic mass is 10.0. The minimum Gasteiger partial charge on any atom is -0.462 e. The van der Waals surface area contributed by atoms with Gasteiger partial charge in [0.2, 0.25) is 0 Å². The number of allylic oxidation sites excluding steroid dienone is 2. The first-order chi connectivity index (χ1) is 39.0. The predicted molar refractivity (Wildman–Crippen MR) is 344 cm³/mol. The van der Waals surface area contributed by atoms with Crippen molar-refractivity contribution in [2.45, 2.75) is 425 Å². The van der Waals surface area contributed by atoms with Gasteiger partial charge in [-0.3, -0.25) is 14.4 Å². The number of esters is 3. The molecule has 0 amide bonds. The lowest BCUT2D eigenvalue weighted by molar-refractivity contribution is -0.167. The molecule has 0 aliphatic carbocycles. The van der Waals surface area contributed by atoms with Crippen LogP contribution < -0.4 is 0 Å². The summed E-state index contributed by atoms with van der Waals surface area (Å²) in [5.41, 5.74) is 0. The molecule has 1 atom stereocenters. The SMILES string of the molecule is CCCCCCCCCC/C=C\CCCCCCCCCCCCCC(=O)OC(COC(=O)CCCCCCCCC)COC(=O)CCCCCCCCCCCCCCCCCCCCCCCCCCCCCCCCC. The summed E-state index contributed by atoms with van der Waals surface area (Å²) in [6.07, 6.45) is 82.9. The Balaban J connectivity index is 3.97. The van der Waals surface area contributed by atoms with Crippen LogP contribution in [-0.2, 0) is 28.6 Å². The van der Waals surface area contributed by atoms with Gasteiger partial charge in [0.05, 0.1) is 0 Å². The quantitative estimate of drug-likeness (QED) is 0.0261. The average molecular weight is 1110 g/mol. The molecule has 0 radical (unpaired) electrons. The monoisotopic (exact) mass is 1110 g/mol. The zero-order chi connectivity index (χ0) is 57.1. The summed E-state index contributed by atoms with van der Waals surface area (Å²) >= 11 is 0. The van der Waals surface area contributed by atoms with E-state index in [1.807, 2.05) is 0 Å². The van der Waals surface area contributed by atoms with Crippen LogP contribution in [0.2, 0.25) is 0 Å². The van der Waals surface area contributed by atoms with Crippen LogP contribution in [0.3, 0.4) is 0 Å². The average Bonchev–Trinajstić information content (AvgIpc) is 3.45. The molecule has 0 fully saturated rings. The van der Waals surface area contributed by atoms with Crippen LogP contribution in [0.25, 0.3) is 0 Å². The van der Waals surface area contributed by atoms with Gasteiger partial charge in [0.15, 0.2) is 6.10 Å². The van der Waals surface area contributed by atoms with E-state index in [-0.39, 0.29) is 31.1 Å². The highest BCUT2D eigenvalue weighted by Crippen LogP contribution is 2.19. The summed E-state index contributed by atoms with van der Waals surface area (Å²) in [6, 6.07) is 0. The molecule has 0 saturated heterocycles. The first kappa shape index (κ1) is 77.2. The number of rotatable bonds is 68. The van der Waals surface area contributed by atoms with Gasteiger partial charge in [-0.2, -0.15) is 0 Å². The van der Waals surface area contributed by atoms with Crippen LogP contribution in [0.15, 0.2) is 12.2 Å². The van der Waals surface area contributed by atoms with Crippen molar-refractivity contribution in [2.75, 3.05) is 13.2 Å². The number of ether oxygens (including phenoxy) is 3. The highest BCUT2D eigenvalue weighted by molar-refractivity contribution is 5.71. The van der Waals surface area contributed by atoms with E-state index in [1.54, 1.807) is 0 Å². The summed E-state index contributed by atoms with van der Waals surface area (Å²) in [4.78, 5) is 38.2. The third kappa shape index (κ3) is 66.8. The molecule has 1 unspecified atom stereocenters. The Bertz CT molecular complexity index is 1230. The van der Waals surface area contributed by atoms with Gasteiger partial charge in [0.1, 0.15) is 13.2 Å². The van der Waals surface area contributed by atoms with Crippen molar-refractivity contribution in [3.8, 4) is 0 Å². The molecule has 0 rings (SSSR count). The highest BCUT2D eigenvalue weighted by atomic mass is 16.6. The highest BCUT2D eigenvalue weighted by Gasteiger charge is 2.19. The number of hydrogen-bond donors (Lipinski definition) is 0. The van der Waals surface area contributed by atoms with E-state index in [0.29, 0.717) is 19.3 Å². The maximum Gasteiger partial charge on any atom is 0.306 e. The number of carbonyl (C=O) groups is 3. The van der Waals surface area contributed by atoms with E-state index in [9.17, 15) is 14.4 Å². The van der Waals surface area contributed by atoms with Crippen molar-refractivity contribution in [1.29, 1.82) is 0 Å². The Kier molecular flexibility index (Phi) is 67.0. The van der Waals surface area contributed by atoms with Crippen LogP contribution in [-0.4, -0.2) is 37.2 Å². The molecule has 6 heteroatoms. The van der Waals surface area contributed by atoms with Gasteiger partial charge in [0.25, 0.3) is 0 Å². The number of unbranched alkanes of at least 4 members (excludes halogenated alkanes) is 55. The van der Waals surface area contributed by atoms with Crippen molar-refractivity contribution in [3.63, 3.8) is 0 Å². The van der Waals surface area contributed by atoms with Crippen LogP contribution in [0.4, 0.5) is 0 Å². The van der Waals surface area contributed by atoms with Crippen molar-refractivity contribution < 1.29 is 28.6 Å². The van der Waals surface area contributed by atoms with Crippen LogP contribution >= 0.6 is 0 Å². The molecule has 6 nitrogen and oxygen atoms in total. The standard InChI is InChI=1S/C73H140O6/c1-4-7-10-13-16-18-20-22-24-26-28-30-32-33-34-35-36-37-38-39-41-42-44-46-48-50-52-54-57-60-63-66-72(75)78-69-70(68-77-71(74)65-62-59-56-15-12-9-6-3)79-73(76)67-64-61-58-55-53-51-49-47-45-43-40-31-29-27-25-23-21-19-17-14-11-8-5-2/h27,29,70H,4-26,28,30-69H2,1-3H3/b29-27-. The molecule has 0 aromatic heterocycles. The smallest absolute Gasteiger partial charge is 0.306 e. The molecular formula is C73H140O6. The zero-order valence-corrected chi connectivity index (χ0v) is 53.9. The molecule has 0 bridgehead atoms. The second-order valence-corrected chi connectivity index (χ2v) is 24.9. The third-order valence-corrected chi connectivity index (χ3v) is 16.8. The summed E-state index contributed by atoms with van der Waals surface area (Å²) in [7, 11) is 0. The van der Waals surface area contributed by atoms with Crippen molar-refractivity contribution >= 4 is 17.9 Å². The van der Waals surface area contributed by atoms with E-state index in [4.69, 9.17) is 14.2 Å². The molecule has 0 aliphatic heterocycles. The fourth-order valence-corrected chi connectivity index (χ4v) is 11.3. The minimum atomic E-state index is -0.765. The van der Waals surface area contributed by atoms with E-state index in [1.165, 1.54) is 321 Å². The second-order valence-electron chi connectivity index (χ2n) is 24.9. The molecule has 0 saturated carbocycles. The van der Waals surface area contributed by atoms with Gasteiger partial charge in [-0.15, -0.1) is 0 Å². The molecule has 0 aromatic carbocycles. The van der Waals surface area contributed by atoms with Crippen LogP contribution in [0.5, 0.6) is 0 Å². The topological polar surface area (TPSA) is 78.9 Å². The second kappa shape index (κ2) is 68.6. The Morgan fingerprint density at radius 1 is 0.241 bits per heavy atom. The van der Waals surface area contributed by atoms with Gasteiger partial charge < -0.3 is 14.2 Å². The summed E-state index contributed by atoms with van der Waals surface area (Å²) in [5, 5.41) is 0. The summed E-state index contributed by atoms with van der Waals surface area (Å²) < 4.78 is 16.9. The largest absolute Gasteiger partial charge is 0.462 e.